The third-order valence-corrected chi connectivity index (χ3v) is 4.86. The third-order valence-electron chi connectivity index (χ3n) is 4.86. The van der Waals surface area contributed by atoms with Gasteiger partial charge in [0.1, 0.15) is 5.78 Å². The highest BCUT2D eigenvalue weighted by Crippen LogP contribution is 2.35. The van der Waals surface area contributed by atoms with Crippen molar-refractivity contribution in [2.75, 3.05) is 0 Å². The van der Waals surface area contributed by atoms with Crippen LogP contribution in [0.5, 0.6) is 0 Å². The smallest absolute Gasteiger partial charge is 0.140 e. The molecule has 0 aliphatic heterocycles. The lowest BCUT2D eigenvalue weighted by molar-refractivity contribution is -0.118. The molecule has 3 rings (SSSR count). The number of rotatable bonds is 5. The van der Waals surface area contributed by atoms with Crippen LogP contribution in [0.3, 0.4) is 0 Å². The van der Waals surface area contributed by atoms with Crippen LogP contribution < -0.4 is 0 Å². The molecule has 0 radical (unpaired) electrons. The standard InChI is InChI=1S/C23H24O/c1-17-10-9-15-21(17)22(18(2)24)16-23(19-11-5-3-6-12-19)20-13-7-4-8-14-20/h3-8,11-14,16,22H,9-10,15H2,1-2H3. The van der Waals surface area contributed by atoms with Crippen LogP contribution in [0.25, 0.3) is 5.57 Å². The van der Waals surface area contributed by atoms with Gasteiger partial charge in [-0.25, -0.2) is 0 Å². The first-order valence-electron chi connectivity index (χ1n) is 8.68. The van der Waals surface area contributed by atoms with Crippen molar-refractivity contribution in [3.05, 3.63) is 89.0 Å². The van der Waals surface area contributed by atoms with Crippen molar-refractivity contribution in [1.29, 1.82) is 0 Å². The fourth-order valence-electron chi connectivity index (χ4n) is 3.56. The van der Waals surface area contributed by atoms with Crippen LogP contribution in [0.15, 0.2) is 77.9 Å². The van der Waals surface area contributed by atoms with Crippen LogP contribution in [0.2, 0.25) is 0 Å². The van der Waals surface area contributed by atoms with Crippen LogP contribution in [-0.2, 0) is 4.79 Å². The summed E-state index contributed by atoms with van der Waals surface area (Å²) in [5, 5.41) is 0. The van der Waals surface area contributed by atoms with Crippen molar-refractivity contribution in [2.24, 2.45) is 5.92 Å². The van der Waals surface area contributed by atoms with E-state index in [4.69, 9.17) is 0 Å². The quantitative estimate of drug-likeness (QED) is 0.635. The maximum atomic E-state index is 12.4. The van der Waals surface area contributed by atoms with Gasteiger partial charge in [0, 0.05) is 0 Å². The summed E-state index contributed by atoms with van der Waals surface area (Å²) in [5.41, 5.74) is 6.18. The molecular weight excluding hydrogens is 292 g/mol. The minimum atomic E-state index is -0.108. The first-order chi connectivity index (χ1) is 11.7. The summed E-state index contributed by atoms with van der Waals surface area (Å²) in [6, 6.07) is 20.7. The van der Waals surface area contributed by atoms with Crippen molar-refractivity contribution in [1.82, 2.24) is 0 Å². The minimum absolute atomic E-state index is 0.108. The lowest BCUT2D eigenvalue weighted by atomic mass is 9.87. The van der Waals surface area contributed by atoms with Gasteiger partial charge in [0.05, 0.1) is 5.92 Å². The summed E-state index contributed by atoms with van der Waals surface area (Å²) in [6.45, 7) is 3.89. The molecule has 2 aromatic carbocycles. The van der Waals surface area contributed by atoms with Crippen molar-refractivity contribution in [3.8, 4) is 0 Å². The molecule has 122 valence electrons. The number of benzene rings is 2. The van der Waals surface area contributed by atoms with Crippen LogP contribution >= 0.6 is 0 Å². The van der Waals surface area contributed by atoms with E-state index in [1.807, 2.05) is 12.1 Å². The second-order valence-electron chi connectivity index (χ2n) is 6.56. The summed E-state index contributed by atoms with van der Waals surface area (Å²) in [7, 11) is 0. The second-order valence-corrected chi connectivity index (χ2v) is 6.56. The largest absolute Gasteiger partial charge is 0.299 e. The summed E-state index contributed by atoms with van der Waals surface area (Å²) in [5.74, 6) is 0.124. The monoisotopic (exact) mass is 316 g/mol. The average molecular weight is 316 g/mol. The molecule has 1 nitrogen and oxygen atoms in total. The molecule has 0 fully saturated rings. The van der Waals surface area contributed by atoms with Gasteiger partial charge in [0.15, 0.2) is 0 Å². The molecule has 2 aromatic rings. The van der Waals surface area contributed by atoms with Gasteiger partial charge in [-0.2, -0.15) is 0 Å². The topological polar surface area (TPSA) is 17.1 Å². The number of carbonyl (C=O) groups is 1. The highest BCUT2D eigenvalue weighted by molar-refractivity contribution is 5.89. The van der Waals surface area contributed by atoms with Gasteiger partial charge < -0.3 is 0 Å². The molecule has 0 bridgehead atoms. The van der Waals surface area contributed by atoms with Crippen molar-refractivity contribution in [2.45, 2.75) is 33.1 Å². The zero-order valence-corrected chi connectivity index (χ0v) is 14.5. The highest BCUT2D eigenvalue weighted by atomic mass is 16.1. The molecule has 0 saturated carbocycles. The van der Waals surface area contributed by atoms with Gasteiger partial charge in [0.2, 0.25) is 0 Å². The number of allylic oxidation sites excluding steroid dienone is 3. The Kier molecular flexibility index (Phi) is 5.10. The van der Waals surface area contributed by atoms with Crippen LogP contribution in [0.4, 0.5) is 0 Å². The Morgan fingerprint density at radius 2 is 1.46 bits per heavy atom. The molecule has 1 heteroatoms. The predicted molar refractivity (Wildman–Crippen MR) is 101 cm³/mol. The molecule has 0 heterocycles. The molecular formula is C23H24O. The predicted octanol–water partition coefficient (Wildman–Crippen LogP) is 5.82. The Morgan fingerprint density at radius 3 is 1.88 bits per heavy atom. The van der Waals surface area contributed by atoms with Gasteiger partial charge in [-0.05, 0) is 49.8 Å². The molecule has 0 amide bonds. The Bertz CT molecular complexity index is 725. The SMILES string of the molecule is CC(=O)C(C=C(c1ccccc1)c1ccccc1)C1=C(C)CCC1. The van der Waals surface area contributed by atoms with Crippen LogP contribution in [0, 0.1) is 5.92 Å². The summed E-state index contributed by atoms with van der Waals surface area (Å²) in [4.78, 5) is 12.4. The fraction of sp³-hybridized carbons (Fsp3) is 0.261. The minimum Gasteiger partial charge on any atom is -0.299 e. The molecule has 1 aliphatic rings. The van der Waals surface area contributed by atoms with Gasteiger partial charge in [-0.3, -0.25) is 4.79 Å². The van der Waals surface area contributed by atoms with Gasteiger partial charge >= 0.3 is 0 Å². The number of ketones is 1. The fourth-order valence-corrected chi connectivity index (χ4v) is 3.56. The van der Waals surface area contributed by atoms with E-state index in [-0.39, 0.29) is 11.7 Å². The lowest BCUT2D eigenvalue weighted by Gasteiger charge is -2.17. The Morgan fingerprint density at radius 1 is 0.917 bits per heavy atom. The van der Waals surface area contributed by atoms with Crippen LogP contribution in [0.1, 0.15) is 44.2 Å². The third kappa shape index (κ3) is 3.56. The maximum Gasteiger partial charge on any atom is 0.140 e. The molecule has 24 heavy (non-hydrogen) atoms. The molecule has 0 saturated heterocycles. The Hall–Kier alpha value is -2.41. The van der Waals surface area contributed by atoms with Gasteiger partial charge in [0.25, 0.3) is 0 Å². The van der Waals surface area contributed by atoms with Crippen molar-refractivity contribution in [3.63, 3.8) is 0 Å². The van der Waals surface area contributed by atoms with E-state index in [9.17, 15) is 4.79 Å². The van der Waals surface area contributed by atoms with Gasteiger partial charge in [-0.1, -0.05) is 77.9 Å². The zero-order valence-electron chi connectivity index (χ0n) is 14.5. The molecule has 0 N–H and O–H groups in total. The lowest BCUT2D eigenvalue weighted by Crippen LogP contribution is -2.12. The van der Waals surface area contributed by atoms with E-state index in [0.29, 0.717) is 0 Å². The zero-order chi connectivity index (χ0) is 16.9. The average Bonchev–Trinajstić information content (AvgIpc) is 3.03. The van der Waals surface area contributed by atoms with E-state index in [2.05, 4.69) is 61.5 Å². The van der Waals surface area contributed by atoms with E-state index in [0.717, 1.165) is 29.5 Å². The second kappa shape index (κ2) is 7.44. The first-order valence-corrected chi connectivity index (χ1v) is 8.68. The van der Waals surface area contributed by atoms with Crippen molar-refractivity contribution >= 4 is 11.4 Å². The number of carbonyl (C=O) groups excluding carboxylic acids is 1. The molecule has 1 unspecified atom stereocenters. The number of hydrogen-bond donors (Lipinski definition) is 0. The summed E-state index contributed by atoms with van der Waals surface area (Å²) in [6.07, 6.45) is 5.52. The van der Waals surface area contributed by atoms with E-state index < -0.39 is 0 Å². The van der Waals surface area contributed by atoms with Crippen LogP contribution in [-0.4, -0.2) is 5.78 Å². The Labute approximate surface area is 144 Å². The van der Waals surface area contributed by atoms with Crippen molar-refractivity contribution < 1.29 is 4.79 Å². The highest BCUT2D eigenvalue weighted by Gasteiger charge is 2.23. The maximum absolute atomic E-state index is 12.4. The summed E-state index contributed by atoms with van der Waals surface area (Å²) < 4.78 is 0. The molecule has 0 aromatic heterocycles. The first kappa shape index (κ1) is 16.4. The van der Waals surface area contributed by atoms with E-state index >= 15 is 0 Å². The molecule has 1 aliphatic carbocycles. The Balaban J connectivity index is 2.12. The van der Waals surface area contributed by atoms with Gasteiger partial charge in [-0.15, -0.1) is 0 Å². The number of Topliss-reactive ketones (excluding diaryl/α,β-unsaturated/α-hetero) is 1. The molecule has 1 atom stereocenters. The summed E-state index contributed by atoms with van der Waals surface area (Å²) >= 11 is 0. The van der Waals surface area contributed by atoms with E-state index in [1.165, 1.54) is 17.6 Å². The normalized spacial score (nSPS) is 15.2. The number of hydrogen-bond acceptors (Lipinski definition) is 1. The van der Waals surface area contributed by atoms with E-state index in [1.54, 1.807) is 6.92 Å². The molecule has 0 spiro atoms.